The van der Waals surface area contributed by atoms with Crippen molar-refractivity contribution in [2.45, 2.75) is 32.6 Å². The Labute approximate surface area is 98.8 Å². The fourth-order valence-electron chi connectivity index (χ4n) is 3.27. The molecule has 0 aromatic rings. The number of amides is 1. The van der Waals surface area contributed by atoms with Crippen molar-refractivity contribution in [3.63, 3.8) is 0 Å². The van der Waals surface area contributed by atoms with E-state index in [2.05, 4.69) is 6.92 Å². The maximum absolute atomic E-state index is 11.8. The van der Waals surface area contributed by atoms with Crippen LogP contribution in [0.4, 0.5) is 0 Å². The predicted octanol–water partition coefficient (Wildman–Crippen LogP) is 1.59. The Hall–Kier alpha value is -0.570. The highest BCUT2D eigenvalue weighted by atomic mass is 16.2. The lowest BCUT2D eigenvalue weighted by molar-refractivity contribution is -0.143. The van der Waals surface area contributed by atoms with Gasteiger partial charge in [0.05, 0.1) is 6.54 Å². The molecular formula is C13H24N2O. The van der Waals surface area contributed by atoms with Gasteiger partial charge in [0.25, 0.3) is 0 Å². The molecule has 1 aliphatic carbocycles. The van der Waals surface area contributed by atoms with Crippen LogP contribution in [0, 0.1) is 11.3 Å². The van der Waals surface area contributed by atoms with Crippen LogP contribution in [-0.4, -0.2) is 49.4 Å². The molecule has 92 valence electrons. The summed E-state index contributed by atoms with van der Waals surface area (Å²) in [6.45, 7) is 4.90. The summed E-state index contributed by atoms with van der Waals surface area (Å²) >= 11 is 0. The molecule has 2 rings (SSSR count). The smallest absolute Gasteiger partial charge is 0.236 e. The van der Waals surface area contributed by atoms with Gasteiger partial charge in [-0.2, -0.15) is 0 Å². The van der Waals surface area contributed by atoms with Crippen LogP contribution in [0.2, 0.25) is 0 Å². The van der Waals surface area contributed by atoms with E-state index in [1.165, 1.54) is 25.7 Å². The molecule has 1 aliphatic heterocycles. The van der Waals surface area contributed by atoms with Gasteiger partial charge in [-0.15, -0.1) is 0 Å². The molecule has 1 amide bonds. The van der Waals surface area contributed by atoms with Gasteiger partial charge in [-0.05, 0) is 39.3 Å². The second kappa shape index (κ2) is 4.36. The van der Waals surface area contributed by atoms with E-state index >= 15 is 0 Å². The normalized spacial score (nSPS) is 27.5. The molecule has 3 heteroatoms. The molecule has 1 saturated carbocycles. The highest BCUT2D eigenvalue weighted by Gasteiger charge is 2.48. The van der Waals surface area contributed by atoms with Crippen molar-refractivity contribution >= 4 is 5.91 Å². The topological polar surface area (TPSA) is 23.6 Å². The first-order chi connectivity index (χ1) is 7.54. The Kier molecular flexibility index (Phi) is 3.24. The highest BCUT2D eigenvalue weighted by molar-refractivity contribution is 5.79. The van der Waals surface area contributed by atoms with E-state index in [4.69, 9.17) is 0 Å². The van der Waals surface area contributed by atoms with Crippen molar-refractivity contribution in [1.82, 2.24) is 9.80 Å². The van der Waals surface area contributed by atoms with Crippen LogP contribution < -0.4 is 0 Å². The molecule has 16 heavy (non-hydrogen) atoms. The summed E-state index contributed by atoms with van der Waals surface area (Å²) in [6.07, 6.45) is 5.39. The first-order valence-corrected chi connectivity index (χ1v) is 6.47. The zero-order valence-corrected chi connectivity index (χ0v) is 10.8. The fraction of sp³-hybridized carbons (Fsp3) is 0.923. The van der Waals surface area contributed by atoms with Crippen molar-refractivity contribution in [3.05, 3.63) is 0 Å². The molecule has 2 fully saturated rings. The molecule has 1 atom stereocenters. The summed E-state index contributed by atoms with van der Waals surface area (Å²) in [4.78, 5) is 15.8. The van der Waals surface area contributed by atoms with Gasteiger partial charge < -0.3 is 9.80 Å². The average molecular weight is 224 g/mol. The Morgan fingerprint density at radius 1 is 1.44 bits per heavy atom. The van der Waals surface area contributed by atoms with E-state index in [0.29, 0.717) is 17.9 Å². The maximum atomic E-state index is 11.8. The molecule has 0 radical (unpaired) electrons. The van der Waals surface area contributed by atoms with Gasteiger partial charge in [0.2, 0.25) is 5.91 Å². The second-order valence-corrected chi connectivity index (χ2v) is 6.00. The minimum Gasteiger partial charge on any atom is -0.340 e. The summed E-state index contributed by atoms with van der Waals surface area (Å²) in [5, 5.41) is 0. The molecule has 1 heterocycles. The van der Waals surface area contributed by atoms with Gasteiger partial charge in [0.1, 0.15) is 0 Å². The lowest BCUT2D eigenvalue weighted by Gasteiger charge is -2.48. The molecule has 0 N–H and O–H groups in total. The number of carbonyl (C=O) groups excluding carboxylic acids is 1. The average Bonchev–Trinajstić information content (AvgIpc) is 2.58. The van der Waals surface area contributed by atoms with Crippen LogP contribution in [0.3, 0.4) is 0 Å². The summed E-state index contributed by atoms with van der Waals surface area (Å²) in [7, 11) is 3.91. The number of rotatable bonds is 3. The first kappa shape index (κ1) is 11.9. The number of likely N-dealkylation sites (tertiary alicyclic amines) is 1. The lowest BCUT2D eigenvalue weighted by Crippen LogP contribution is -2.58. The van der Waals surface area contributed by atoms with Gasteiger partial charge in [-0.1, -0.05) is 13.3 Å². The van der Waals surface area contributed by atoms with Crippen molar-refractivity contribution < 1.29 is 4.79 Å². The molecular weight excluding hydrogens is 200 g/mol. The monoisotopic (exact) mass is 224 g/mol. The van der Waals surface area contributed by atoms with E-state index in [0.717, 1.165) is 19.0 Å². The third kappa shape index (κ3) is 2.24. The Bertz CT molecular complexity index is 269. The number of hydrogen-bond donors (Lipinski definition) is 0. The van der Waals surface area contributed by atoms with Gasteiger partial charge in [0.15, 0.2) is 0 Å². The Morgan fingerprint density at radius 3 is 2.62 bits per heavy atom. The molecule has 3 nitrogen and oxygen atoms in total. The van der Waals surface area contributed by atoms with Crippen LogP contribution in [-0.2, 0) is 4.79 Å². The van der Waals surface area contributed by atoms with E-state index < -0.39 is 0 Å². The molecule has 0 aromatic carbocycles. The number of nitrogens with zero attached hydrogens (tertiary/aromatic N) is 2. The number of carbonyl (C=O) groups is 1. The lowest BCUT2D eigenvalue weighted by atomic mass is 9.77. The van der Waals surface area contributed by atoms with Gasteiger partial charge in [-0.3, -0.25) is 4.79 Å². The quantitative estimate of drug-likeness (QED) is 0.727. The zero-order valence-electron chi connectivity index (χ0n) is 10.8. The largest absolute Gasteiger partial charge is 0.340 e. The van der Waals surface area contributed by atoms with Crippen LogP contribution in [0.25, 0.3) is 0 Å². The molecule has 1 saturated heterocycles. The van der Waals surface area contributed by atoms with Gasteiger partial charge >= 0.3 is 0 Å². The number of hydrogen-bond acceptors (Lipinski definition) is 2. The van der Waals surface area contributed by atoms with Crippen molar-refractivity contribution in [3.8, 4) is 0 Å². The SMILES string of the molecule is CCC1CCC2(C1)CN(C(=O)CN(C)C)C2. The minimum atomic E-state index is 0.301. The van der Waals surface area contributed by atoms with Crippen molar-refractivity contribution in [2.75, 3.05) is 33.7 Å². The van der Waals surface area contributed by atoms with E-state index in [-0.39, 0.29) is 0 Å². The summed E-state index contributed by atoms with van der Waals surface area (Å²) in [6, 6.07) is 0. The molecule has 2 aliphatic rings. The van der Waals surface area contributed by atoms with E-state index in [9.17, 15) is 4.79 Å². The fourth-order valence-corrected chi connectivity index (χ4v) is 3.27. The second-order valence-electron chi connectivity index (χ2n) is 6.00. The molecule has 1 unspecified atom stereocenters. The Balaban J connectivity index is 1.79. The molecule has 0 aromatic heterocycles. The Morgan fingerprint density at radius 2 is 2.12 bits per heavy atom. The van der Waals surface area contributed by atoms with Crippen LogP contribution in [0.15, 0.2) is 0 Å². The first-order valence-electron chi connectivity index (χ1n) is 6.47. The summed E-state index contributed by atoms with van der Waals surface area (Å²) in [5.41, 5.74) is 0.517. The predicted molar refractivity (Wildman–Crippen MR) is 65.2 cm³/mol. The van der Waals surface area contributed by atoms with E-state index in [1.54, 1.807) is 0 Å². The minimum absolute atomic E-state index is 0.301. The van der Waals surface area contributed by atoms with Gasteiger partial charge in [0, 0.05) is 18.5 Å². The van der Waals surface area contributed by atoms with Crippen LogP contribution in [0.5, 0.6) is 0 Å². The van der Waals surface area contributed by atoms with Gasteiger partial charge in [-0.25, -0.2) is 0 Å². The standard InChI is InChI=1S/C13H24N2O/c1-4-11-5-6-13(7-11)9-15(10-13)12(16)8-14(2)3/h11H,4-10H2,1-3H3. The summed E-state index contributed by atoms with van der Waals surface area (Å²) < 4.78 is 0. The van der Waals surface area contributed by atoms with Crippen molar-refractivity contribution in [2.24, 2.45) is 11.3 Å². The highest BCUT2D eigenvalue weighted by Crippen LogP contribution is 2.48. The van der Waals surface area contributed by atoms with Crippen LogP contribution in [0.1, 0.15) is 32.6 Å². The van der Waals surface area contributed by atoms with E-state index in [1.807, 2.05) is 23.9 Å². The summed E-state index contributed by atoms with van der Waals surface area (Å²) in [5.74, 6) is 1.22. The zero-order chi connectivity index (χ0) is 11.8. The number of likely N-dealkylation sites (N-methyl/N-ethyl adjacent to an activating group) is 1. The third-order valence-corrected chi connectivity index (χ3v) is 4.24. The van der Waals surface area contributed by atoms with Crippen molar-refractivity contribution in [1.29, 1.82) is 0 Å². The molecule has 0 bridgehead atoms. The third-order valence-electron chi connectivity index (χ3n) is 4.24. The molecule has 1 spiro atoms. The van der Waals surface area contributed by atoms with Crippen LogP contribution >= 0.6 is 0 Å². The maximum Gasteiger partial charge on any atom is 0.236 e.